The highest BCUT2D eigenvalue weighted by Gasteiger charge is 2.77. The molecular formula is C26H20FN3O3. The third-order valence-corrected chi connectivity index (χ3v) is 7.42. The summed E-state index contributed by atoms with van der Waals surface area (Å²) < 4.78 is 13.6. The van der Waals surface area contributed by atoms with E-state index < -0.39 is 22.7 Å². The summed E-state index contributed by atoms with van der Waals surface area (Å²) in [5.74, 6) is -2.35. The van der Waals surface area contributed by atoms with Gasteiger partial charge in [-0.2, -0.15) is 0 Å². The third-order valence-electron chi connectivity index (χ3n) is 7.42. The van der Waals surface area contributed by atoms with Gasteiger partial charge in [0.15, 0.2) is 5.78 Å². The van der Waals surface area contributed by atoms with E-state index in [4.69, 9.17) is 0 Å². The molecule has 6 nitrogen and oxygen atoms in total. The van der Waals surface area contributed by atoms with Gasteiger partial charge in [-0.05, 0) is 49.0 Å². The van der Waals surface area contributed by atoms with Crippen LogP contribution < -0.4 is 10.6 Å². The Hall–Kier alpha value is -3.84. The van der Waals surface area contributed by atoms with Crippen molar-refractivity contribution in [2.75, 3.05) is 24.2 Å². The van der Waals surface area contributed by atoms with Gasteiger partial charge < -0.3 is 10.6 Å². The van der Waals surface area contributed by atoms with Crippen molar-refractivity contribution < 1.29 is 18.8 Å². The van der Waals surface area contributed by atoms with Crippen molar-refractivity contribution in [3.63, 3.8) is 0 Å². The second-order valence-corrected chi connectivity index (χ2v) is 8.82. The number of carbonyl (C=O) groups is 3. The SMILES string of the molecule is CN1C[C@@H](C(=O)c2ccc(F)cc2)[C@]2(C(=O)Nc3ccccc32)[C@@]12C(=O)Nc1ccccc12. The van der Waals surface area contributed by atoms with Crippen molar-refractivity contribution in [2.24, 2.45) is 5.92 Å². The first kappa shape index (κ1) is 19.8. The lowest BCUT2D eigenvalue weighted by Crippen LogP contribution is -2.61. The standard InChI is InChI=1S/C26H20FN3O3/c1-30-14-19(22(31)15-10-12-16(27)13-11-15)25(17-6-2-4-8-20(17)28-23(25)32)26(30)18-7-3-5-9-21(18)29-24(26)33/h2-13,19H,14H2,1H3,(H,28,32)(H,29,33)/t19-,25+,26+/m0/s1. The quantitative estimate of drug-likeness (QED) is 0.598. The number of carbonyl (C=O) groups excluding carboxylic acids is 3. The van der Waals surface area contributed by atoms with Gasteiger partial charge in [-0.25, -0.2) is 4.39 Å². The average molecular weight is 441 g/mol. The molecule has 6 rings (SSSR count). The Labute approximate surface area is 189 Å². The summed E-state index contributed by atoms with van der Waals surface area (Å²) in [4.78, 5) is 43.6. The van der Waals surface area contributed by atoms with Crippen LogP contribution in [0, 0.1) is 11.7 Å². The lowest BCUT2D eigenvalue weighted by atomic mass is 9.58. The Balaban J connectivity index is 1.68. The van der Waals surface area contributed by atoms with Crippen molar-refractivity contribution in [3.8, 4) is 0 Å². The lowest BCUT2D eigenvalue weighted by molar-refractivity contribution is -0.136. The van der Waals surface area contributed by atoms with Crippen LogP contribution in [0.15, 0.2) is 72.8 Å². The molecule has 0 radical (unpaired) electrons. The number of benzene rings is 3. The molecule has 2 spiro atoms. The first-order valence-electron chi connectivity index (χ1n) is 10.8. The molecule has 0 bridgehead atoms. The van der Waals surface area contributed by atoms with E-state index in [-0.39, 0.29) is 24.1 Å². The van der Waals surface area contributed by atoms with Gasteiger partial charge in [0.25, 0.3) is 5.91 Å². The minimum atomic E-state index is -1.50. The second kappa shape index (κ2) is 6.59. The topological polar surface area (TPSA) is 78.5 Å². The number of nitrogens with zero attached hydrogens (tertiary/aromatic N) is 1. The molecule has 2 N–H and O–H groups in total. The van der Waals surface area contributed by atoms with Gasteiger partial charge in [0.1, 0.15) is 16.8 Å². The molecule has 3 aliphatic heterocycles. The maximum absolute atomic E-state index is 14.0. The summed E-state index contributed by atoms with van der Waals surface area (Å²) in [6.07, 6.45) is 0. The first-order chi connectivity index (χ1) is 15.9. The summed E-state index contributed by atoms with van der Waals surface area (Å²) in [6, 6.07) is 19.8. The highest BCUT2D eigenvalue weighted by molar-refractivity contribution is 6.20. The van der Waals surface area contributed by atoms with Gasteiger partial charge >= 0.3 is 0 Å². The van der Waals surface area contributed by atoms with Crippen LogP contribution in [0.2, 0.25) is 0 Å². The van der Waals surface area contributed by atoms with E-state index in [1.807, 2.05) is 41.3 Å². The second-order valence-electron chi connectivity index (χ2n) is 8.82. The number of para-hydroxylation sites is 2. The number of rotatable bonds is 2. The zero-order valence-corrected chi connectivity index (χ0v) is 17.8. The maximum Gasteiger partial charge on any atom is 0.251 e. The van der Waals surface area contributed by atoms with E-state index in [2.05, 4.69) is 10.6 Å². The smallest absolute Gasteiger partial charge is 0.251 e. The van der Waals surface area contributed by atoms with Gasteiger partial charge in [0.2, 0.25) is 5.91 Å². The fourth-order valence-electron chi connectivity index (χ4n) is 6.19. The average Bonchev–Trinajstić information content (AvgIpc) is 3.39. The normalized spacial score (nSPS) is 27.5. The van der Waals surface area contributed by atoms with Gasteiger partial charge in [-0.15, -0.1) is 0 Å². The Bertz CT molecular complexity index is 1350. The number of likely N-dealkylation sites (tertiary alicyclic amines) is 1. The summed E-state index contributed by atoms with van der Waals surface area (Å²) in [6.45, 7) is 0.180. The van der Waals surface area contributed by atoms with Gasteiger partial charge in [-0.1, -0.05) is 36.4 Å². The zero-order chi connectivity index (χ0) is 23.0. The molecule has 3 aromatic carbocycles. The monoisotopic (exact) mass is 441 g/mol. The van der Waals surface area contributed by atoms with Crippen LogP contribution in [-0.2, 0) is 20.5 Å². The van der Waals surface area contributed by atoms with Crippen LogP contribution in [0.1, 0.15) is 21.5 Å². The van der Waals surface area contributed by atoms with Crippen molar-refractivity contribution in [1.82, 2.24) is 4.90 Å². The van der Waals surface area contributed by atoms with Crippen molar-refractivity contribution in [3.05, 3.63) is 95.3 Å². The van der Waals surface area contributed by atoms with Crippen LogP contribution in [0.4, 0.5) is 15.8 Å². The van der Waals surface area contributed by atoms with Crippen LogP contribution in [0.25, 0.3) is 0 Å². The Kier molecular flexibility index (Phi) is 3.95. The summed E-state index contributed by atoms with van der Waals surface area (Å²) in [5, 5.41) is 5.89. The van der Waals surface area contributed by atoms with Crippen molar-refractivity contribution in [1.29, 1.82) is 0 Å². The van der Waals surface area contributed by atoms with Gasteiger partial charge in [-0.3, -0.25) is 19.3 Å². The van der Waals surface area contributed by atoms with Crippen molar-refractivity contribution in [2.45, 2.75) is 11.0 Å². The van der Waals surface area contributed by atoms with Gasteiger partial charge in [0, 0.05) is 29.0 Å². The molecule has 1 fully saturated rings. The number of ketones is 1. The number of hydrogen-bond acceptors (Lipinski definition) is 4. The van der Waals surface area contributed by atoms with Crippen LogP contribution in [-0.4, -0.2) is 36.1 Å². The molecule has 3 heterocycles. The van der Waals surface area contributed by atoms with E-state index in [9.17, 15) is 18.8 Å². The van der Waals surface area contributed by atoms with E-state index >= 15 is 0 Å². The van der Waals surface area contributed by atoms with E-state index in [1.54, 1.807) is 19.2 Å². The van der Waals surface area contributed by atoms with Crippen LogP contribution in [0.3, 0.4) is 0 Å². The maximum atomic E-state index is 14.0. The summed E-state index contributed by atoms with van der Waals surface area (Å²) in [5.41, 5.74) is -0.117. The Morgan fingerprint density at radius 1 is 0.879 bits per heavy atom. The molecule has 0 saturated carbocycles. The van der Waals surface area contributed by atoms with Crippen LogP contribution in [0.5, 0.6) is 0 Å². The van der Waals surface area contributed by atoms with E-state index in [1.165, 1.54) is 24.3 Å². The molecule has 0 aliphatic carbocycles. The summed E-state index contributed by atoms with van der Waals surface area (Å²) >= 11 is 0. The number of likely N-dealkylation sites (N-methyl/N-ethyl adjacent to an activating group) is 1. The molecular weight excluding hydrogens is 421 g/mol. The zero-order valence-electron chi connectivity index (χ0n) is 17.8. The third kappa shape index (κ3) is 2.22. The molecule has 1 saturated heterocycles. The highest BCUT2D eigenvalue weighted by atomic mass is 19.1. The number of hydrogen-bond donors (Lipinski definition) is 2. The predicted molar refractivity (Wildman–Crippen MR) is 120 cm³/mol. The van der Waals surface area contributed by atoms with E-state index in [0.717, 1.165) is 0 Å². The molecule has 7 heteroatoms. The number of anilines is 2. The Morgan fingerprint density at radius 3 is 2.15 bits per heavy atom. The molecule has 3 atom stereocenters. The molecule has 3 aliphatic rings. The molecule has 0 unspecified atom stereocenters. The van der Waals surface area contributed by atoms with Crippen molar-refractivity contribution >= 4 is 29.0 Å². The number of amides is 2. The highest BCUT2D eigenvalue weighted by Crippen LogP contribution is 2.63. The predicted octanol–water partition coefficient (Wildman–Crippen LogP) is 3.31. The summed E-state index contributed by atoms with van der Waals surface area (Å²) in [7, 11) is 1.77. The molecule has 164 valence electrons. The number of fused-ring (bicyclic) bond motifs is 5. The minimum Gasteiger partial charge on any atom is -0.325 e. The lowest BCUT2D eigenvalue weighted by Gasteiger charge is -2.42. The largest absolute Gasteiger partial charge is 0.325 e. The van der Waals surface area contributed by atoms with E-state index in [0.29, 0.717) is 28.1 Å². The molecule has 0 aromatic heterocycles. The molecule has 33 heavy (non-hydrogen) atoms. The van der Waals surface area contributed by atoms with Gasteiger partial charge in [0.05, 0.1) is 5.92 Å². The molecule has 3 aromatic rings. The number of halogens is 1. The molecule has 2 amide bonds. The number of nitrogens with one attached hydrogen (secondary N) is 2. The first-order valence-corrected chi connectivity index (χ1v) is 10.8. The fraction of sp³-hybridized carbons (Fsp3) is 0.192. The van der Waals surface area contributed by atoms with Crippen LogP contribution >= 0.6 is 0 Å². The number of Topliss-reactive ketones (excluding diaryl/α,β-unsaturated/α-hetero) is 1. The fourth-order valence-corrected chi connectivity index (χ4v) is 6.19. The minimum absolute atomic E-state index is 0.180. The Morgan fingerprint density at radius 2 is 1.45 bits per heavy atom.